The summed E-state index contributed by atoms with van der Waals surface area (Å²) in [5, 5.41) is 6.54. The number of furan rings is 1. The van der Waals surface area contributed by atoms with Gasteiger partial charge in [-0.2, -0.15) is 0 Å². The van der Waals surface area contributed by atoms with E-state index in [4.69, 9.17) is 25.9 Å². The molecule has 0 amide bonds. The number of rotatable bonds is 5. The number of hydrogen-bond acceptors (Lipinski definition) is 4. The first-order valence-corrected chi connectivity index (χ1v) is 19.2. The molecule has 0 spiro atoms. The Morgan fingerprint density at radius 1 is 0.695 bits per heavy atom. The third-order valence-electron chi connectivity index (χ3n) is 10.6. The Morgan fingerprint density at radius 3 is 2.31 bits per heavy atom. The minimum atomic E-state index is -2.61. The number of para-hydroxylation sites is 2. The van der Waals surface area contributed by atoms with E-state index in [1.54, 1.807) is 12.1 Å². The topological polar surface area (TPSA) is 56.7 Å². The average Bonchev–Trinajstić information content (AvgIpc) is 3.88. The number of aromatic nitrogens is 4. The molecule has 0 saturated carbocycles. The predicted molar refractivity (Wildman–Crippen MR) is 241 cm³/mol. The second kappa shape index (κ2) is 16.0. The fraction of sp³-hybridized carbons (Fsp3) is 0.189. The quantitative estimate of drug-likeness (QED) is 0.127. The zero-order valence-electron chi connectivity index (χ0n) is 44.7. The van der Waals surface area contributed by atoms with Crippen LogP contribution in [0, 0.1) is 39.5 Å². The molecule has 10 rings (SSSR count). The van der Waals surface area contributed by atoms with Crippen molar-refractivity contribution < 1.29 is 41.0 Å². The minimum Gasteiger partial charge on any atom is -0.486 e. The van der Waals surface area contributed by atoms with Gasteiger partial charge in [0, 0.05) is 59.5 Å². The van der Waals surface area contributed by atoms with E-state index in [1.807, 2.05) is 24.3 Å². The molecule has 59 heavy (non-hydrogen) atoms. The van der Waals surface area contributed by atoms with E-state index in [0.29, 0.717) is 22.5 Å². The molecule has 6 heteroatoms. The molecule has 0 saturated heterocycles. The van der Waals surface area contributed by atoms with Crippen LogP contribution in [0.3, 0.4) is 0 Å². The Morgan fingerprint density at radius 2 is 1.53 bits per heavy atom. The molecule has 4 aromatic heterocycles. The Kier molecular flexibility index (Phi) is 7.52. The molecule has 0 N–H and O–H groups in total. The molecule has 4 heterocycles. The number of imidazole rings is 1. The maximum Gasteiger partial charge on any atom is 0.216 e. The molecular weight excluding hydrogens is 901 g/mol. The van der Waals surface area contributed by atoms with Gasteiger partial charge in [0.25, 0.3) is 0 Å². The Bertz CT molecular complexity index is 3630. The van der Waals surface area contributed by atoms with Crippen LogP contribution in [0.4, 0.5) is 0 Å². The van der Waals surface area contributed by atoms with E-state index in [-0.39, 0.29) is 65.7 Å². The molecule has 0 bridgehead atoms. The molecule has 0 atom stereocenters. The van der Waals surface area contributed by atoms with Gasteiger partial charge in [-0.05, 0) is 107 Å². The monoisotopic (exact) mass is 959 g/mol. The van der Waals surface area contributed by atoms with Crippen LogP contribution >= 0.6 is 0 Å². The summed E-state index contributed by atoms with van der Waals surface area (Å²) in [4.78, 5) is 13.6. The molecule has 0 aliphatic rings. The maximum atomic E-state index is 7.87. The second-order valence-corrected chi connectivity index (χ2v) is 15.0. The van der Waals surface area contributed by atoms with Gasteiger partial charge in [0.2, 0.25) is 5.71 Å². The fourth-order valence-electron chi connectivity index (χ4n) is 7.86. The van der Waals surface area contributed by atoms with Crippen LogP contribution in [0.2, 0.25) is 0 Å². The van der Waals surface area contributed by atoms with Crippen molar-refractivity contribution in [3.63, 3.8) is 0 Å². The summed E-state index contributed by atoms with van der Waals surface area (Å²) in [7, 11) is 0. The zero-order chi connectivity index (χ0) is 50.2. The van der Waals surface area contributed by atoms with Crippen molar-refractivity contribution in [3.8, 4) is 28.3 Å². The summed E-state index contributed by atoms with van der Waals surface area (Å²) in [5.74, 6) is 1.14. The molecule has 5 nitrogen and oxygen atoms in total. The normalized spacial score (nSPS) is 15.4. The summed E-state index contributed by atoms with van der Waals surface area (Å²) in [6, 6.07) is 42.3. The number of fused-ring (bicyclic) bond motifs is 7. The van der Waals surface area contributed by atoms with Crippen LogP contribution in [-0.4, -0.2) is 19.5 Å². The van der Waals surface area contributed by atoms with Crippen LogP contribution in [0.15, 0.2) is 126 Å². The summed E-state index contributed by atoms with van der Waals surface area (Å²) in [6.45, 7) is -0.787. The number of pyridine rings is 2. The average molecular weight is 959 g/mol. The van der Waals surface area contributed by atoms with Crippen molar-refractivity contribution in [1.29, 1.82) is 0 Å². The number of aryl methyl sites for hydroxylation is 4. The zero-order valence-corrected chi connectivity index (χ0v) is 35.1. The second-order valence-electron chi connectivity index (χ2n) is 15.0. The number of benzene rings is 6. The Hall–Kier alpha value is -5.94. The molecule has 1 radical (unpaired) electrons. The first-order chi connectivity index (χ1) is 32.9. The number of nitrogens with zero attached hydrogens (tertiary/aromatic N) is 4. The smallest absolute Gasteiger partial charge is 0.216 e. The van der Waals surface area contributed by atoms with Gasteiger partial charge in [-0.25, -0.2) is 4.98 Å². The van der Waals surface area contributed by atoms with E-state index in [2.05, 4.69) is 109 Å². The fourth-order valence-corrected chi connectivity index (χ4v) is 7.86. The molecule has 6 aromatic carbocycles. The Labute approximate surface area is 376 Å². The van der Waals surface area contributed by atoms with E-state index in [0.717, 1.165) is 33.7 Å². The van der Waals surface area contributed by atoms with E-state index >= 15 is 0 Å². The minimum absolute atomic E-state index is 0. The molecule has 10 aromatic rings. The van der Waals surface area contributed by atoms with Crippen molar-refractivity contribution in [2.75, 3.05) is 0 Å². The van der Waals surface area contributed by atoms with Gasteiger partial charge in [0.15, 0.2) is 0 Å². The third-order valence-corrected chi connectivity index (χ3v) is 10.6. The summed E-state index contributed by atoms with van der Waals surface area (Å²) in [6.07, 6.45) is 1.02. The van der Waals surface area contributed by atoms with Crippen molar-refractivity contribution in [1.82, 2.24) is 19.5 Å². The molecular formula is C53H46IrN4O-2. The van der Waals surface area contributed by atoms with Crippen LogP contribution in [0.1, 0.15) is 89.5 Å². The Balaban J connectivity index is 0.000000230. The van der Waals surface area contributed by atoms with Gasteiger partial charge in [0.1, 0.15) is 0 Å². The first-order valence-electron chi connectivity index (χ1n) is 25.2. The molecule has 0 aliphatic heterocycles. The van der Waals surface area contributed by atoms with Gasteiger partial charge < -0.3 is 14.0 Å². The third kappa shape index (κ3) is 7.15. The van der Waals surface area contributed by atoms with E-state index in [1.165, 1.54) is 56.9 Å². The molecule has 0 unspecified atom stereocenters. The number of hydrogen-bond donors (Lipinski definition) is 0. The van der Waals surface area contributed by atoms with Gasteiger partial charge >= 0.3 is 0 Å². The molecule has 0 fully saturated rings. The van der Waals surface area contributed by atoms with Crippen LogP contribution in [0.5, 0.6) is 0 Å². The first kappa shape index (κ1) is 27.7. The van der Waals surface area contributed by atoms with E-state index < -0.39 is 27.4 Å². The van der Waals surface area contributed by atoms with Gasteiger partial charge in [0.05, 0.1) is 22.4 Å². The van der Waals surface area contributed by atoms with Gasteiger partial charge in [-0.3, -0.25) is 4.98 Å². The van der Waals surface area contributed by atoms with Crippen molar-refractivity contribution in [2.45, 2.75) is 66.9 Å². The summed E-state index contributed by atoms with van der Waals surface area (Å²) < 4.78 is 99.2. The largest absolute Gasteiger partial charge is 0.486 e. The summed E-state index contributed by atoms with van der Waals surface area (Å²) in [5.41, 5.74) is 7.10. The summed E-state index contributed by atoms with van der Waals surface area (Å²) >= 11 is 0. The van der Waals surface area contributed by atoms with Crippen molar-refractivity contribution in [3.05, 3.63) is 167 Å². The maximum absolute atomic E-state index is 7.87. The van der Waals surface area contributed by atoms with Crippen LogP contribution in [0.25, 0.3) is 83.0 Å². The van der Waals surface area contributed by atoms with Crippen LogP contribution < -0.4 is 0 Å². The van der Waals surface area contributed by atoms with Gasteiger partial charge in [-0.1, -0.05) is 106 Å². The van der Waals surface area contributed by atoms with Crippen LogP contribution in [-0.2, 0) is 20.1 Å². The van der Waals surface area contributed by atoms with E-state index in [9.17, 15) is 0 Å². The molecule has 295 valence electrons. The van der Waals surface area contributed by atoms with Crippen molar-refractivity contribution >= 4 is 54.6 Å². The van der Waals surface area contributed by atoms with Crippen molar-refractivity contribution in [2.24, 2.45) is 0 Å². The molecule has 0 aliphatic carbocycles. The van der Waals surface area contributed by atoms with Gasteiger partial charge in [-0.15, -0.1) is 53.6 Å². The SMILES string of the molecule is [2H]C([2H])([2H])c1c[c-]c(-c2cc(C([2H])([2H])[2H])c(C([2H])([2H])[2H])cn2)cc1.[2H]C([2H])([2H])c1ccc2c(n1)oc1c(-c3nc4ccccc4n3-c3c(C(C)C)cc4c(ccc5ccccc54)c3C(C)C)[c-]ccc12.[Ir]. The standard InChI is InChI=1S/C39H32N3O.C14H14N.Ir/c1-22(2)31-21-32-26-12-7-6-11-25(26)18-20-27(32)35(23(3)4)36(31)42-34-16-9-8-15-33(34)41-38(42)30-14-10-13-28-29-19-17-24(5)40-39(29)43-37(28)30;1-10-4-6-13(7-5-10)14-8-11(2)12(3)9-15-14;/h6-13,15-23H,1-5H3;4-6,8-9H,1-3H3;/q2*-1;/i5D3;1D3,2D3,3D3;. The predicted octanol–water partition coefficient (Wildman–Crippen LogP) is 14.1.